The van der Waals surface area contributed by atoms with Gasteiger partial charge in [-0.05, 0) is 41.0 Å². The zero-order chi connectivity index (χ0) is 13.1. The molecule has 0 bridgehead atoms. The fourth-order valence-electron chi connectivity index (χ4n) is 2.07. The quantitative estimate of drug-likeness (QED) is 0.649. The minimum Gasteiger partial charge on any atom is -0.271 e. The number of hydrogen-bond donors (Lipinski definition) is 2. The van der Waals surface area contributed by atoms with Gasteiger partial charge in [-0.2, -0.15) is 0 Å². The molecular formula is C15H20N2S. The molecule has 0 saturated carbocycles. The van der Waals surface area contributed by atoms with Gasteiger partial charge in [-0.25, -0.2) is 5.43 Å². The van der Waals surface area contributed by atoms with Crippen molar-refractivity contribution in [3.8, 4) is 0 Å². The highest BCUT2D eigenvalue weighted by atomic mass is 32.1. The number of rotatable bonds is 4. The Morgan fingerprint density at radius 2 is 1.67 bits per heavy atom. The van der Waals surface area contributed by atoms with Crippen LogP contribution in [-0.2, 0) is 0 Å². The largest absolute Gasteiger partial charge is 0.271 e. The monoisotopic (exact) mass is 260 g/mol. The van der Waals surface area contributed by atoms with E-state index in [-0.39, 0.29) is 6.04 Å². The van der Waals surface area contributed by atoms with Crippen molar-refractivity contribution in [2.75, 3.05) is 0 Å². The molecule has 0 amide bonds. The summed E-state index contributed by atoms with van der Waals surface area (Å²) in [5.41, 5.74) is 6.70. The summed E-state index contributed by atoms with van der Waals surface area (Å²) in [6.07, 6.45) is 0. The van der Waals surface area contributed by atoms with Crippen LogP contribution in [0, 0.1) is 6.92 Å². The first-order valence-electron chi connectivity index (χ1n) is 6.23. The maximum absolute atomic E-state index is 5.70. The van der Waals surface area contributed by atoms with Gasteiger partial charge in [0.05, 0.1) is 6.04 Å². The van der Waals surface area contributed by atoms with Crippen LogP contribution in [0.1, 0.15) is 47.4 Å². The molecule has 0 spiro atoms. The number of nitrogens with one attached hydrogen (secondary N) is 1. The van der Waals surface area contributed by atoms with Crippen molar-refractivity contribution in [3.63, 3.8) is 0 Å². The van der Waals surface area contributed by atoms with Gasteiger partial charge < -0.3 is 0 Å². The fourth-order valence-corrected chi connectivity index (χ4v) is 2.80. The van der Waals surface area contributed by atoms with Gasteiger partial charge in [0.25, 0.3) is 0 Å². The van der Waals surface area contributed by atoms with E-state index in [4.69, 9.17) is 5.84 Å². The molecule has 1 aromatic carbocycles. The van der Waals surface area contributed by atoms with Crippen LogP contribution in [0.25, 0.3) is 0 Å². The van der Waals surface area contributed by atoms with E-state index in [1.54, 1.807) is 11.3 Å². The molecule has 0 aliphatic rings. The van der Waals surface area contributed by atoms with Gasteiger partial charge in [0.2, 0.25) is 0 Å². The van der Waals surface area contributed by atoms with E-state index in [1.807, 2.05) is 0 Å². The predicted octanol–water partition coefficient (Wildman–Crippen LogP) is 3.73. The molecule has 2 aromatic rings. The minimum absolute atomic E-state index is 0.0798. The standard InChI is InChI=1S/C15H20N2S/c1-10(2)12-4-6-13(7-5-12)15(17-16)14-8-11(3)18-9-14/h4-10,15,17H,16H2,1-3H3. The molecule has 18 heavy (non-hydrogen) atoms. The molecule has 1 unspecified atom stereocenters. The molecule has 0 fully saturated rings. The molecular weight excluding hydrogens is 240 g/mol. The summed E-state index contributed by atoms with van der Waals surface area (Å²) < 4.78 is 0. The second-order valence-corrected chi connectivity index (χ2v) is 6.03. The molecule has 0 saturated heterocycles. The van der Waals surface area contributed by atoms with Crippen LogP contribution >= 0.6 is 11.3 Å². The van der Waals surface area contributed by atoms with Crippen molar-refractivity contribution in [1.82, 2.24) is 5.43 Å². The molecule has 0 radical (unpaired) electrons. The van der Waals surface area contributed by atoms with E-state index >= 15 is 0 Å². The molecule has 2 rings (SSSR count). The summed E-state index contributed by atoms with van der Waals surface area (Å²) in [5, 5.41) is 2.16. The van der Waals surface area contributed by atoms with Crippen molar-refractivity contribution in [2.24, 2.45) is 5.84 Å². The summed E-state index contributed by atoms with van der Waals surface area (Å²) in [6, 6.07) is 11.0. The Kier molecular flexibility index (Phi) is 4.17. The number of aryl methyl sites for hydroxylation is 1. The van der Waals surface area contributed by atoms with E-state index in [0.29, 0.717) is 5.92 Å². The second-order valence-electron chi connectivity index (χ2n) is 4.91. The van der Waals surface area contributed by atoms with Crippen LogP contribution < -0.4 is 11.3 Å². The van der Waals surface area contributed by atoms with Gasteiger partial charge in [0, 0.05) is 4.88 Å². The van der Waals surface area contributed by atoms with Gasteiger partial charge in [-0.15, -0.1) is 11.3 Å². The first kappa shape index (κ1) is 13.3. The van der Waals surface area contributed by atoms with E-state index in [2.05, 4.69) is 61.9 Å². The zero-order valence-corrected chi connectivity index (χ0v) is 11.9. The third-order valence-electron chi connectivity index (χ3n) is 3.19. The van der Waals surface area contributed by atoms with E-state index in [1.165, 1.54) is 21.6 Å². The van der Waals surface area contributed by atoms with Crippen molar-refractivity contribution >= 4 is 11.3 Å². The highest BCUT2D eigenvalue weighted by molar-refractivity contribution is 7.10. The van der Waals surface area contributed by atoms with E-state index < -0.39 is 0 Å². The lowest BCUT2D eigenvalue weighted by Crippen LogP contribution is -2.28. The van der Waals surface area contributed by atoms with E-state index in [9.17, 15) is 0 Å². The Morgan fingerprint density at radius 1 is 1.06 bits per heavy atom. The van der Waals surface area contributed by atoms with Crippen LogP contribution in [0.15, 0.2) is 35.7 Å². The number of benzene rings is 1. The van der Waals surface area contributed by atoms with Crippen LogP contribution in [0.3, 0.4) is 0 Å². The minimum atomic E-state index is 0.0798. The molecule has 3 heteroatoms. The lowest BCUT2D eigenvalue weighted by molar-refractivity contribution is 0.638. The SMILES string of the molecule is Cc1cc(C(NN)c2ccc(C(C)C)cc2)cs1. The topological polar surface area (TPSA) is 38.0 Å². The lowest BCUT2D eigenvalue weighted by atomic mass is 9.97. The maximum atomic E-state index is 5.70. The molecule has 1 atom stereocenters. The summed E-state index contributed by atoms with van der Waals surface area (Å²) in [5.74, 6) is 6.26. The van der Waals surface area contributed by atoms with Gasteiger partial charge >= 0.3 is 0 Å². The number of hydrazine groups is 1. The number of hydrogen-bond acceptors (Lipinski definition) is 3. The van der Waals surface area contributed by atoms with Crippen molar-refractivity contribution < 1.29 is 0 Å². The fraction of sp³-hybridized carbons (Fsp3) is 0.333. The van der Waals surface area contributed by atoms with Crippen LogP contribution in [0.4, 0.5) is 0 Å². The molecule has 2 nitrogen and oxygen atoms in total. The molecule has 96 valence electrons. The summed E-state index contributed by atoms with van der Waals surface area (Å²) in [4.78, 5) is 1.31. The highest BCUT2D eigenvalue weighted by Crippen LogP contribution is 2.26. The van der Waals surface area contributed by atoms with Gasteiger partial charge in [0.1, 0.15) is 0 Å². The van der Waals surface area contributed by atoms with Crippen molar-refractivity contribution in [1.29, 1.82) is 0 Å². The average Bonchev–Trinajstić information content (AvgIpc) is 2.77. The van der Waals surface area contributed by atoms with Gasteiger partial charge in [-0.3, -0.25) is 5.84 Å². The number of nitrogens with two attached hydrogens (primary N) is 1. The third kappa shape index (κ3) is 2.80. The molecule has 1 aromatic heterocycles. The smallest absolute Gasteiger partial charge is 0.0718 e. The molecule has 3 N–H and O–H groups in total. The zero-order valence-electron chi connectivity index (χ0n) is 11.1. The second kappa shape index (κ2) is 5.65. The Labute approximate surface area is 113 Å². The summed E-state index contributed by atoms with van der Waals surface area (Å²) >= 11 is 1.76. The van der Waals surface area contributed by atoms with Crippen LogP contribution in [0.2, 0.25) is 0 Å². The van der Waals surface area contributed by atoms with Crippen LogP contribution in [0.5, 0.6) is 0 Å². The first-order valence-corrected chi connectivity index (χ1v) is 7.10. The van der Waals surface area contributed by atoms with Crippen molar-refractivity contribution in [3.05, 3.63) is 57.3 Å². The Hall–Kier alpha value is -1.16. The Bertz CT molecular complexity index is 499. The van der Waals surface area contributed by atoms with Crippen molar-refractivity contribution in [2.45, 2.75) is 32.7 Å². The summed E-state index contributed by atoms with van der Waals surface area (Å²) in [7, 11) is 0. The van der Waals surface area contributed by atoms with Gasteiger partial charge in [0.15, 0.2) is 0 Å². The maximum Gasteiger partial charge on any atom is 0.0718 e. The van der Waals surface area contributed by atoms with Crippen LogP contribution in [-0.4, -0.2) is 0 Å². The first-order chi connectivity index (χ1) is 8.61. The molecule has 1 heterocycles. The molecule has 0 aliphatic heterocycles. The third-order valence-corrected chi connectivity index (χ3v) is 4.07. The predicted molar refractivity (Wildman–Crippen MR) is 78.8 cm³/mol. The normalized spacial score (nSPS) is 12.9. The lowest BCUT2D eigenvalue weighted by Gasteiger charge is -2.16. The average molecular weight is 260 g/mol. The Balaban J connectivity index is 2.28. The summed E-state index contributed by atoms with van der Waals surface area (Å²) in [6.45, 7) is 6.52. The highest BCUT2D eigenvalue weighted by Gasteiger charge is 2.13. The Morgan fingerprint density at radius 3 is 2.11 bits per heavy atom. The van der Waals surface area contributed by atoms with E-state index in [0.717, 1.165) is 0 Å². The number of thiophene rings is 1. The van der Waals surface area contributed by atoms with Gasteiger partial charge in [-0.1, -0.05) is 38.1 Å². The molecule has 0 aliphatic carbocycles.